The van der Waals surface area contributed by atoms with Crippen LogP contribution in [0.5, 0.6) is 0 Å². The fraction of sp³-hybridized carbons (Fsp3) is 0.250. The molecular weight excluding hydrogens is 330 g/mol. The van der Waals surface area contributed by atoms with Gasteiger partial charge >= 0.3 is 0 Å². The van der Waals surface area contributed by atoms with Gasteiger partial charge in [-0.2, -0.15) is 0 Å². The molecule has 0 bridgehead atoms. The summed E-state index contributed by atoms with van der Waals surface area (Å²) in [5.74, 6) is -0.00420. The standard InChI is InChI=1S/C20H21N3OS/c1-3-18(15-8-6-14(2)7-9-15)23-19(24)11-17-13-25-20(22-17)16-5-4-10-21-12-16/h4-10,12-13,18H,3,11H2,1-2H3,(H,23,24). The summed E-state index contributed by atoms with van der Waals surface area (Å²) in [5.41, 5.74) is 4.12. The number of nitrogens with one attached hydrogen (secondary N) is 1. The molecular formula is C20H21N3OS. The number of thiazole rings is 1. The van der Waals surface area contributed by atoms with Gasteiger partial charge in [0, 0.05) is 23.3 Å². The highest BCUT2D eigenvalue weighted by atomic mass is 32.1. The molecule has 3 rings (SSSR count). The molecule has 2 heterocycles. The van der Waals surface area contributed by atoms with Crippen LogP contribution in [0.25, 0.3) is 10.6 Å². The molecule has 0 saturated heterocycles. The molecule has 2 aromatic heterocycles. The molecule has 1 atom stereocenters. The summed E-state index contributed by atoms with van der Waals surface area (Å²) in [6, 6.07) is 12.2. The zero-order valence-electron chi connectivity index (χ0n) is 14.4. The molecule has 0 aliphatic carbocycles. The van der Waals surface area contributed by atoms with E-state index < -0.39 is 0 Å². The minimum Gasteiger partial charge on any atom is -0.349 e. The minimum absolute atomic E-state index is 0.00420. The van der Waals surface area contributed by atoms with Crippen molar-refractivity contribution in [2.75, 3.05) is 0 Å². The molecule has 0 spiro atoms. The Hall–Kier alpha value is -2.53. The van der Waals surface area contributed by atoms with Gasteiger partial charge in [0.1, 0.15) is 5.01 Å². The van der Waals surface area contributed by atoms with Crippen molar-refractivity contribution in [1.29, 1.82) is 0 Å². The monoisotopic (exact) mass is 351 g/mol. The third-order valence-electron chi connectivity index (χ3n) is 4.03. The highest BCUT2D eigenvalue weighted by Gasteiger charge is 2.14. The van der Waals surface area contributed by atoms with Crippen LogP contribution in [0.1, 0.15) is 36.2 Å². The van der Waals surface area contributed by atoms with Gasteiger partial charge in [0.15, 0.2) is 0 Å². The van der Waals surface area contributed by atoms with E-state index in [-0.39, 0.29) is 11.9 Å². The lowest BCUT2D eigenvalue weighted by atomic mass is 10.0. The topological polar surface area (TPSA) is 54.9 Å². The average Bonchev–Trinajstić information content (AvgIpc) is 3.10. The van der Waals surface area contributed by atoms with Gasteiger partial charge in [-0.15, -0.1) is 11.3 Å². The molecule has 25 heavy (non-hydrogen) atoms. The van der Waals surface area contributed by atoms with Crippen LogP contribution in [0.2, 0.25) is 0 Å². The van der Waals surface area contributed by atoms with Crippen molar-refractivity contribution >= 4 is 17.2 Å². The molecule has 128 valence electrons. The van der Waals surface area contributed by atoms with E-state index >= 15 is 0 Å². The number of amides is 1. The van der Waals surface area contributed by atoms with Crippen molar-refractivity contribution in [3.63, 3.8) is 0 Å². The van der Waals surface area contributed by atoms with Crippen LogP contribution in [-0.2, 0) is 11.2 Å². The molecule has 0 saturated carbocycles. The zero-order valence-corrected chi connectivity index (χ0v) is 15.2. The van der Waals surface area contributed by atoms with Gasteiger partial charge in [-0.3, -0.25) is 9.78 Å². The van der Waals surface area contributed by atoms with Gasteiger partial charge in [0.25, 0.3) is 0 Å². The van der Waals surface area contributed by atoms with Gasteiger partial charge in [-0.05, 0) is 31.0 Å². The number of rotatable bonds is 6. The fourth-order valence-electron chi connectivity index (χ4n) is 2.64. The SMILES string of the molecule is CCC(NC(=O)Cc1csc(-c2cccnc2)n1)c1ccc(C)cc1. The number of carbonyl (C=O) groups excluding carboxylic acids is 1. The zero-order chi connectivity index (χ0) is 17.6. The Morgan fingerprint density at radius 2 is 2.04 bits per heavy atom. The summed E-state index contributed by atoms with van der Waals surface area (Å²) in [6.07, 6.45) is 4.67. The Balaban J connectivity index is 1.64. The molecule has 0 fully saturated rings. The number of hydrogen-bond donors (Lipinski definition) is 1. The molecule has 0 aliphatic heterocycles. The van der Waals surface area contributed by atoms with Crippen molar-refractivity contribution in [1.82, 2.24) is 15.3 Å². The second kappa shape index (κ2) is 8.03. The smallest absolute Gasteiger partial charge is 0.226 e. The van der Waals surface area contributed by atoms with Crippen LogP contribution >= 0.6 is 11.3 Å². The molecule has 1 N–H and O–H groups in total. The van der Waals surface area contributed by atoms with E-state index in [2.05, 4.69) is 53.4 Å². The van der Waals surface area contributed by atoms with Crippen molar-refractivity contribution in [3.8, 4) is 10.6 Å². The highest BCUT2D eigenvalue weighted by molar-refractivity contribution is 7.13. The maximum Gasteiger partial charge on any atom is 0.226 e. The molecule has 1 amide bonds. The molecule has 5 heteroatoms. The molecule has 4 nitrogen and oxygen atoms in total. The highest BCUT2D eigenvalue weighted by Crippen LogP contribution is 2.23. The Bertz CT molecular complexity index is 828. The van der Waals surface area contributed by atoms with E-state index in [9.17, 15) is 4.79 Å². The van der Waals surface area contributed by atoms with E-state index in [1.165, 1.54) is 16.9 Å². The summed E-state index contributed by atoms with van der Waals surface area (Å²) in [5, 5.41) is 5.94. The van der Waals surface area contributed by atoms with E-state index in [0.29, 0.717) is 6.42 Å². The number of carbonyl (C=O) groups is 1. The van der Waals surface area contributed by atoms with Gasteiger partial charge in [-0.1, -0.05) is 36.8 Å². The quantitative estimate of drug-likeness (QED) is 0.719. The summed E-state index contributed by atoms with van der Waals surface area (Å²) >= 11 is 1.54. The van der Waals surface area contributed by atoms with E-state index in [1.807, 2.05) is 17.5 Å². The third kappa shape index (κ3) is 4.51. The first-order chi connectivity index (χ1) is 12.2. The predicted octanol–water partition coefficient (Wildman–Crippen LogP) is 4.32. The van der Waals surface area contributed by atoms with Crippen LogP contribution in [0.4, 0.5) is 0 Å². The lowest BCUT2D eigenvalue weighted by Gasteiger charge is -2.17. The first kappa shape index (κ1) is 17.3. The van der Waals surface area contributed by atoms with Crippen molar-refractivity contribution in [2.24, 2.45) is 0 Å². The van der Waals surface area contributed by atoms with E-state index in [4.69, 9.17) is 0 Å². The molecule has 0 radical (unpaired) electrons. The summed E-state index contributed by atoms with van der Waals surface area (Å²) < 4.78 is 0. The van der Waals surface area contributed by atoms with Crippen LogP contribution in [0, 0.1) is 6.92 Å². The van der Waals surface area contributed by atoms with Gasteiger partial charge < -0.3 is 5.32 Å². The second-order valence-electron chi connectivity index (χ2n) is 6.00. The number of nitrogens with zero attached hydrogens (tertiary/aromatic N) is 2. The number of pyridine rings is 1. The first-order valence-corrected chi connectivity index (χ1v) is 9.24. The number of aryl methyl sites for hydroxylation is 1. The van der Waals surface area contributed by atoms with E-state index in [1.54, 1.807) is 12.4 Å². The molecule has 1 unspecified atom stereocenters. The summed E-state index contributed by atoms with van der Waals surface area (Å²) in [6.45, 7) is 4.14. The number of hydrogen-bond acceptors (Lipinski definition) is 4. The Morgan fingerprint density at radius 3 is 2.72 bits per heavy atom. The Labute approximate surface area is 152 Å². The largest absolute Gasteiger partial charge is 0.349 e. The van der Waals surface area contributed by atoms with Crippen molar-refractivity contribution < 1.29 is 4.79 Å². The van der Waals surface area contributed by atoms with Crippen molar-refractivity contribution in [2.45, 2.75) is 32.7 Å². The maximum atomic E-state index is 12.4. The van der Waals surface area contributed by atoms with Gasteiger partial charge in [0.2, 0.25) is 5.91 Å². The second-order valence-corrected chi connectivity index (χ2v) is 6.86. The van der Waals surface area contributed by atoms with E-state index in [0.717, 1.165) is 28.2 Å². The van der Waals surface area contributed by atoms with Crippen molar-refractivity contribution in [3.05, 3.63) is 71.0 Å². The van der Waals surface area contributed by atoms with Crippen LogP contribution in [0.3, 0.4) is 0 Å². The predicted molar refractivity (Wildman–Crippen MR) is 101 cm³/mol. The lowest BCUT2D eigenvalue weighted by Crippen LogP contribution is -2.29. The Morgan fingerprint density at radius 1 is 1.24 bits per heavy atom. The van der Waals surface area contributed by atoms with Crippen LogP contribution in [-0.4, -0.2) is 15.9 Å². The minimum atomic E-state index is -0.00420. The van der Waals surface area contributed by atoms with Crippen LogP contribution < -0.4 is 5.32 Å². The average molecular weight is 351 g/mol. The molecule has 1 aromatic carbocycles. The number of benzene rings is 1. The summed E-state index contributed by atoms with van der Waals surface area (Å²) in [7, 11) is 0. The van der Waals surface area contributed by atoms with Crippen LogP contribution in [0.15, 0.2) is 54.2 Å². The molecule has 3 aromatic rings. The maximum absolute atomic E-state index is 12.4. The molecule has 0 aliphatic rings. The lowest BCUT2D eigenvalue weighted by molar-refractivity contribution is -0.121. The number of aromatic nitrogens is 2. The Kier molecular flexibility index (Phi) is 5.56. The first-order valence-electron chi connectivity index (χ1n) is 8.36. The van der Waals surface area contributed by atoms with Gasteiger partial charge in [0.05, 0.1) is 18.2 Å². The normalized spacial score (nSPS) is 11.9. The fourth-order valence-corrected chi connectivity index (χ4v) is 3.45. The summed E-state index contributed by atoms with van der Waals surface area (Å²) in [4.78, 5) is 21.1. The third-order valence-corrected chi connectivity index (χ3v) is 4.97. The van der Waals surface area contributed by atoms with Gasteiger partial charge in [-0.25, -0.2) is 4.98 Å².